The van der Waals surface area contributed by atoms with Crippen molar-refractivity contribution in [2.24, 2.45) is 0 Å². The fourth-order valence-electron chi connectivity index (χ4n) is 3.04. The number of rotatable bonds is 5. The third-order valence-electron chi connectivity index (χ3n) is 4.05. The Hall–Kier alpha value is -2.83. The van der Waals surface area contributed by atoms with Crippen LogP contribution < -0.4 is 5.32 Å². The summed E-state index contributed by atoms with van der Waals surface area (Å²) in [4.78, 5) is 17.1. The molecule has 0 unspecified atom stereocenters. The fourth-order valence-corrected chi connectivity index (χ4v) is 3.04. The summed E-state index contributed by atoms with van der Waals surface area (Å²) in [6, 6.07) is 6.33. The van der Waals surface area contributed by atoms with Crippen molar-refractivity contribution >= 4 is 11.9 Å². The van der Waals surface area contributed by atoms with Crippen molar-refractivity contribution in [3.63, 3.8) is 0 Å². The Kier molecular flexibility index (Phi) is 4.74. The van der Waals surface area contributed by atoms with E-state index in [9.17, 15) is 9.90 Å². The predicted molar refractivity (Wildman–Crippen MR) is 93.2 cm³/mol. The van der Waals surface area contributed by atoms with E-state index in [0.717, 1.165) is 17.7 Å². The van der Waals surface area contributed by atoms with Gasteiger partial charge in [-0.15, -0.1) is 0 Å². The van der Waals surface area contributed by atoms with Crippen LogP contribution in [0.4, 0.5) is 5.95 Å². The Morgan fingerprint density at radius 1 is 1.32 bits per heavy atom. The number of carbonyl (C=O) groups excluding carboxylic acids is 1. The molecule has 7 nitrogen and oxygen atoms in total. The first-order chi connectivity index (χ1) is 12.0. The zero-order valence-electron chi connectivity index (χ0n) is 14.6. The summed E-state index contributed by atoms with van der Waals surface area (Å²) in [7, 11) is 0. The molecule has 0 bridgehead atoms. The van der Waals surface area contributed by atoms with E-state index in [1.807, 2.05) is 6.92 Å². The first-order valence-electron chi connectivity index (χ1n) is 8.44. The van der Waals surface area contributed by atoms with Crippen LogP contribution in [0.25, 0.3) is 0 Å². The van der Waals surface area contributed by atoms with Gasteiger partial charge in [0, 0.05) is 5.70 Å². The van der Waals surface area contributed by atoms with E-state index in [1.54, 1.807) is 35.9 Å². The third-order valence-corrected chi connectivity index (χ3v) is 4.05. The van der Waals surface area contributed by atoms with Gasteiger partial charge in [0.2, 0.25) is 5.95 Å². The van der Waals surface area contributed by atoms with Crippen molar-refractivity contribution in [2.45, 2.75) is 39.7 Å². The topological polar surface area (TPSA) is 89.3 Å². The summed E-state index contributed by atoms with van der Waals surface area (Å²) in [5.74, 6) is 1.03. The van der Waals surface area contributed by atoms with E-state index >= 15 is 0 Å². The molecule has 25 heavy (non-hydrogen) atoms. The van der Waals surface area contributed by atoms with Gasteiger partial charge in [-0.05, 0) is 38.0 Å². The van der Waals surface area contributed by atoms with Gasteiger partial charge >= 0.3 is 5.97 Å². The van der Waals surface area contributed by atoms with Crippen LogP contribution in [0.5, 0.6) is 5.75 Å². The molecule has 0 spiro atoms. The Balaban J connectivity index is 2.18. The van der Waals surface area contributed by atoms with Gasteiger partial charge in [-0.25, -0.2) is 9.48 Å². The Labute approximate surface area is 146 Å². The molecule has 2 heterocycles. The number of nitrogens with one attached hydrogen (secondary N) is 1. The zero-order chi connectivity index (χ0) is 18.0. The normalized spacial score (nSPS) is 16.4. The van der Waals surface area contributed by atoms with Crippen molar-refractivity contribution in [3.8, 4) is 5.75 Å². The van der Waals surface area contributed by atoms with Crippen LogP contribution in [-0.4, -0.2) is 32.4 Å². The van der Waals surface area contributed by atoms with Crippen LogP contribution in [0.2, 0.25) is 0 Å². The minimum Gasteiger partial charge on any atom is -0.508 e. The van der Waals surface area contributed by atoms with Gasteiger partial charge in [0.1, 0.15) is 17.6 Å². The van der Waals surface area contributed by atoms with E-state index in [-0.39, 0.29) is 11.7 Å². The molecule has 0 amide bonds. The average molecular weight is 342 g/mol. The zero-order valence-corrected chi connectivity index (χ0v) is 14.6. The van der Waals surface area contributed by atoms with Crippen LogP contribution in [0.1, 0.15) is 44.1 Å². The maximum atomic E-state index is 12.7. The lowest BCUT2D eigenvalue weighted by Gasteiger charge is -2.29. The quantitative estimate of drug-likeness (QED) is 0.812. The van der Waals surface area contributed by atoms with Crippen molar-refractivity contribution in [1.29, 1.82) is 0 Å². The SMILES string of the molecule is CCCC1=C(C(=O)OCC)[C@@H](c2ccc(O)cc2)n2nc(C)nc2N1. The largest absolute Gasteiger partial charge is 0.508 e. The lowest BCUT2D eigenvalue weighted by molar-refractivity contribution is -0.139. The maximum Gasteiger partial charge on any atom is 0.338 e. The van der Waals surface area contributed by atoms with Crippen molar-refractivity contribution < 1.29 is 14.6 Å². The number of anilines is 1. The number of phenolic OH excluding ortho intramolecular Hbond substituents is 1. The average Bonchev–Trinajstić information content (AvgIpc) is 2.95. The minimum atomic E-state index is -0.446. The highest BCUT2D eigenvalue weighted by atomic mass is 16.5. The standard InChI is InChI=1S/C18H22N4O3/c1-4-6-14-15(17(24)25-5-2)16(12-7-9-13(23)10-8-12)22-18(20-14)19-11(3)21-22/h7-10,16,23H,4-6H2,1-3H3,(H,19,20,21)/t16-/m1/s1. The Morgan fingerprint density at radius 3 is 2.68 bits per heavy atom. The number of carbonyl (C=O) groups is 1. The number of ether oxygens (including phenoxy) is 1. The van der Waals surface area contributed by atoms with Crippen LogP contribution in [0.3, 0.4) is 0 Å². The highest BCUT2D eigenvalue weighted by molar-refractivity contribution is 5.92. The molecule has 7 heteroatoms. The number of aromatic nitrogens is 3. The van der Waals surface area contributed by atoms with Crippen LogP contribution in [-0.2, 0) is 9.53 Å². The first-order valence-corrected chi connectivity index (χ1v) is 8.44. The second-order valence-corrected chi connectivity index (χ2v) is 5.91. The summed E-state index contributed by atoms with van der Waals surface area (Å²) in [5, 5.41) is 17.3. The summed E-state index contributed by atoms with van der Waals surface area (Å²) in [6.45, 7) is 5.95. The third kappa shape index (κ3) is 3.22. The number of hydrogen-bond donors (Lipinski definition) is 2. The predicted octanol–water partition coefficient (Wildman–Crippen LogP) is 2.92. The number of aryl methyl sites for hydroxylation is 1. The number of allylic oxidation sites excluding steroid dienone is 1. The van der Waals surface area contributed by atoms with Crippen molar-refractivity contribution in [2.75, 3.05) is 11.9 Å². The molecule has 0 saturated carbocycles. The van der Waals surface area contributed by atoms with E-state index < -0.39 is 6.04 Å². The summed E-state index contributed by atoms with van der Waals surface area (Å²) in [6.07, 6.45) is 1.58. The molecule has 3 rings (SSSR count). The van der Waals surface area contributed by atoms with Crippen LogP contribution in [0.15, 0.2) is 35.5 Å². The second-order valence-electron chi connectivity index (χ2n) is 5.91. The second kappa shape index (κ2) is 6.96. The molecule has 0 aliphatic carbocycles. The molecule has 1 aliphatic heterocycles. The minimum absolute atomic E-state index is 0.170. The molecule has 2 aromatic rings. The highest BCUT2D eigenvalue weighted by Gasteiger charge is 2.35. The van der Waals surface area contributed by atoms with Crippen molar-refractivity contribution in [1.82, 2.24) is 14.8 Å². The van der Waals surface area contributed by atoms with Gasteiger partial charge in [-0.3, -0.25) is 0 Å². The monoisotopic (exact) mass is 342 g/mol. The fraction of sp³-hybridized carbons (Fsp3) is 0.389. The molecule has 0 saturated heterocycles. The number of phenols is 1. The van der Waals surface area contributed by atoms with Crippen LogP contribution in [0, 0.1) is 6.92 Å². The highest BCUT2D eigenvalue weighted by Crippen LogP contribution is 2.37. The molecule has 0 fully saturated rings. The Bertz CT molecular complexity index is 808. The molecule has 1 aromatic heterocycles. The van der Waals surface area contributed by atoms with E-state index in [0.29, 0.717) is 30.4 Å². The molecule has 0 radical (unpaired) electrons. The number of fused-ring (bicyclic) bond motifs is 1. The lowest BCUT2D eigenvalue weighted by Crippen LogP contribution is -2.30. The number of aromatic hydroxyl groups is 1. The van der Waals surface area contributed by atoms with Gasteiger partial charge in [0.15, 0.2) is 0 Å². The number of benzene rings is 1. The molecule has 2 N–H and O–H groups in total. The van der Waals surface area contributed by atoms with Gasteiger partial charge in [0.25, 0.3) is 0 Å². The van der Waals surface area contributed by atoms with Crippen LogP contribution >= 0.6 is 0 Å². The number of hydrogen-bond acceptors (Lipinski definition) is 6. The smallest absolute Gasteiger partial charge is 0.338 e. The molecule has 1 atom stereocenters. The van der Waals surface area contributed by atoms with Gasteiger partial charge in [-0.2, -0.15) is 10.1 Å². The summed E-state index contributed by atoms with van der Waals surface area (Å²) in [5.41, 5.74) is 2.17. The van der Waals surface area contributed by atoms with Gasteiger partial charge in [-0.1, -0.05) is 25.5 Å². The molecule has 1 aromatic carbocycles. The molecular formula is C18H22N4O3. The number of nitrogens with zero attached hydrogens (tertiary/aromatic N) is 3. The molecular weight excluding hydrogens is 320 g/mol. The summed E-state index contributed by atoms with van der Waals surface area (Å²) < 4.78 is 7.01. The lowest BCUT2D eigenvalue weighted by atomic mass is 9.94. The molecule has 132 valence electrons. The van der Waals surface area contributed by atoms with Gasteiger partial charge in [0.05, 0.1) is 12.2 Å². The van der Waals surface area contributed by atoms with E-state index in [1.165, 1.54) is 0 Å². The first kappa shape index (κ1) is 17.0. The van der Waals surface area contributed by atoms with Crippen molar-refractivity contribution in [3.05, 3.63) is 46.9 Å². The van der Waals surface area contributed by atoms with E-state index in [2.05, 4.69) is 22.3 Å². The maximum absolute atomic E-state index is 12.7. The molecule has 1 aliphatic rings. The number of esters is 1. The summed E-state index contributed by atoms with van der Waals surface area (Å²) >= 11 is 0. The van der Waals surface area contributed by atoms with Gasteiger partial charge < -0.3 is 15.2 Å². The van der Waals surface area contributed by atoms with E-state index in [4.69, 9.17) is 4.74 Å². The Morgan fingerprint density at radius 2 is 2.04 bits per heavy atom.